The number of furan rings is 1. The van der Waals surface area contributed by atoms with Crippen molar-refractivity contribution in [2.75, 3.05) is 41.9 Å². The average Bonchev–Trinajstić information content (AvgIpc) is 3.39. The largest absolute Gasteiger partial charge is 0.455 e. The third kappa shape index (κ3) is 6.02. The number of nitro benzene ring substituents is 1. The summed E-state index contributed by atoms with van der Waals surface area (Å²) in [6.07, 6.45) is 1.40. The number of anilines is 4. The standard InChI is InChI=1S/C24H20ClFN8O4/c25-20-7-5-17(34(35)36)13-19(20)21-8-6-18(38-21)14-27-32-23-29-22(28-16-3-1-15(26)2-4-16)30-24(31-23)33-9-11-37-12-10-33/h1-8,13-14H,9-12H2,(H2,28,29,30,31,32)/b27-14-. The Bertz CT molecular complexity index is 1470. The summed E-state index contributed by atoms with van der Waals surface area (Å²) in [5.74, 6) is 1.18. The van der Waals surface area contributed by atoms with Gasteiger partial charge >= 0.3 is 0 Å². The first-order chi connectivity index (χ1) is 18.4. The maximum absolute atomic E-state index is 13.3. The molecule has 4 aromatic rings. The molecule has 0 bridgehead atoms. The van der Waals surface area contributed by atoms with Crippen LogP contribution in [0, 0.1) is 15.9 Å². The molecule has 1 aliphatic rings. The van der Waals surface area contributed by atoms with E-state index < -0.39 is 4.92 Å². The van der Waals surface area contributed by atoms with Gasteiger partial charge in [-0.05, 0) is 42.5 Å². The number of aromatic nitrogens is 3. The first-order valence-electron chi connectivity index (χ1n) is 11.4. The fourth-order valence-electron chi connectivity index (χ4n) is 3.57. The van der Waals surface area contributed by atoms with Gasteiger partial charge in [-0.1, -0.05) is 11.6 Å². The molecule has 12 nitrogen and oxygen atoms in total. The highest BCUT2D eigenvalue weighted by molar-refractivity contribution is 6.33. The average molecular weight is 539 g/mol. The fourth-order valence-corrected chi connectivity index (χ4v) is 3.78. The van der Waals surface area contributed by atoms with Crippen molar-refractivity contribution in [3.8, 4) is 11.3 Å². The minimum atomic E-state index is -0.506. The molecule has 1 saturated heterocycles. The molecular formula is C24H20ClFN8O4. The van der Waals surface area contributed by atoms with E-state index in [9.17, 15) is 14.5 Å². The molecular weight excluding hydrogens is 519 g/mol. The number of hydrazone groups is 1. The van der Waals surface area contributed by atoms with E-state index in [0.29, 0.717) is 60.0 Å². The summed E-state index contributed by atoms with van der Waals surface area (Å²) in [4.78, 5) is 25.8. The normalized spacial score (nSPS) is 13.6. The molecule has 0 amide bonds. The van der Waals surface area contributed by atoms with Gasteiger partial charge in [-0.15, -0.1) is 0 Å². The van der Waals surface area contributed by atoms with Gasteiger partial charge in [0.05, 0.1) is 29.4 Å². The number of benzene rings is 2. The Labute approximate surface area is 220 Å². The number of ether oxygens (including phenoxy) is 1. The lowest BCUT2D eigenvalue weighted by Crippen LogP contribution is -2.37. The topological polar surface area (TPSA) is 144 Å². The number of hydrogen-bond acceptors (Lipinski definition) is 11. The molecule has 38 heavy (non-hydrogen) atoms. The van der Waals surface area contributed by atoms with Gasteiger partial charge in [0.2, 0.25) is 17.8 Å². The Morgan fingerprint density at radius 1 is 1.05 bits per heavy atom. The summed E-state index contributed by atoms with van der Waals surface area (Å²) in [6, 6.07) is 13.2. The minimum Gasteiger partial charge on any atom is -0.455 e. The maximum Gasteiger partial charge on any atom is 0.270 e. The molecule has 0 spiro atoms. The Kier molecular flexibility index (Phi) is 7.38. The number of nitro groups is 1. The van der Waals surface area contributed by atoms with Crippen LogP contribution in [-0.4, -0.2) is 52.4 Å². The lowest BCUT2D eigenvalue weighted by atomic mass is 10.1. The molecule has 194 valence electrons. The smallest absolute Gasteiger partial charge is 0.270 e. The van der Waals surface area contributed by atoms with Crippen LogP contribution in [0.2, 0.25) is 5.02 Å². The number of rotatable bonds is 8. The zero-order valence-corrected chi connectivity index (χ0v) is 20.4. The monoisotopic (exact) mass is 538 g/mol. The van der Waals surface area contributed by atoms with Crippen LogP contribution in [0.4, 0.5) is 33.6 Å². The van der Waals surface area contributed by atoms with Crippen molar-refractivity contribution in [2.45, 2.75) is 0 Å². The van der Waals surface area contributed by atoms with Gasteiger partial charge in [-0.2, -0.15) is 20.1 Å². The number of nitrogens with zero attached hydrogens (tertiary/aromatic N) is 6. The highest BCUT2D eigenvalue weighted by Gasteiger charge is 2.17. The highest BCUT2D eigenvalue weighted by atomic mass is 35.5. The maximum atomic E-state index is 13.3. The summed E-state index contributed by atoms with van der Waals surface area (Å²) in [5, 5.41) is 18.6. The summed E-state index contributed by atoms with van der Waals surface area (Å²) >= 11 is 6.20. The van der Waals surface area contributed by atoms with Crippen molar-refractivity contribution >= 4 is 47.0 Å². The summed E-state index contributed by atoms with van der Waals surface area (Å²) in [7, 11) is 0. The molecule has 0 atom stereocenters. The van der Waals surface area contributed by atoms with Gasteiger partial charge in [-0.25, -0.2) is 9.82 Å². The molecule has 2 aromatic carbocycles. The zero-order valence-electron chi connectivity index (χ0n) is 19.7. The van der Waals surface area contributed by atoms with E-state index in [1.165, 1.54) is 36.5 Å². The van der Waals surface area contributed by atoms with Gasteiger partial charge < -0.3 is 19.4 Å². The van der Waals surface area contributed by atoms with Gasteiger partial charge in [0.15, 0.2) is 0 Å². The van der Waals surface area contributed by atoms with Gasteiger partial charge in [0.25, 0.3) is 5.69 Å². The molecule has 0 unspecified atom stereocenters. The van der Waals surface area contributed by atoms with Crippen LogP contribution in [0.3, 0.4) is 0 Å². The molecule has 0 saturated carbocycles. The quantitative estimate of drug-likeness (QED) is 0.181. The summed E-state index contributed by atoms with van der Waals surface area (Å²) in [5.41, 5.74) is 3.65. The summed E-state index contributed by atoms with van der Waals surface area (Å²) in [6.45, 7) is 2.31. The van der Waals surface area contributed by atoms with E-state index in [1.807, 2.05) is 4.90 Å². The molecule has 3 heterocycles. The first kappa shape index (κ1) is 25.0. The van der Waals surface area contributed by atoms with Crippen LogP contribution in [0.1, 0.15) is 5.76 Å². The number of hydrogen-bond donors (Lipinski definition) is 2. The minimum absolute atomic E-state index is 0.103. The van der Waals surface area contributed by atoms with Crippen LogP contribution in [0.15, 0.2) is 64.1 Å². The zero-order chi connectivity index (χ0) is 26.5. The van der Waals surface area contributed by atoms with Crippen molar-refractivity contribution < 1.29 is 18.5 Å². The van der Waals surface area contributed by atoms with Crippen LogP contribution < -0.4 is 15.6 Å². The van der Waals surface area contributed by atoms with Crippen LogP contribution in [0.5, 0.6) is 0 Å². The Hall–Kier alpha value is -4.62. The van der Waals surface area contributed by atoms with E-state index in [0.717, 1.165) is 0 Å². The second-order valence-corrected chi connectivity index (χ2v) is 8.41. The van der Waals surface area contributed by atoms with Crippen molar-refractivity contribution in [2.24, 2.45) is 5.10 Å². The second-order valence-electron chi connectivity index (χ2n) is 8.01. The molecule has 0 radical (unpaired) electrons. The van der Waals surface area contributed by atoms with Crippen molar-refractivity contribution in [1.82, 2.24) is 15.0 Å². The van der Waals surface area contributed by atoms with Crippen LogP contribution >= 0.6 is 11.6 Å². The molecule has 1 fully saturated rings. The van der Waals surface area contributed by atoms with E-state index in [-0.39, 0.29) is 23.4 Å². The molecule has 1 aliphatic heterocycles. The third-order valence-electron chi connectivity index (χ3n) is 5.43. The lowest BCUT2D eigenvalue weighted by molar-refractivity contribution is -0.384. The van der Waals surface area contributed by atoms with Crippen molar-refractivity contribution in [3.05, 3.63) is 81.3 Å². The molecule has 0 aliphatic carbocycles. The van der Waals surface area contributed by atoms with E-state index in [4.69, 9.17) is 20.8 Å². The van der Waals surface area contributed by atoms with E-state index >= 15 is 0 Å². The molecule has 5 rings (SSSR count). The Morgan fingerprint density at radius 2 is 1.82 bits per heavy atom. The van der Waals surface area contributed by atoms with Gasteiger partial charge in [0, 0.05) is 36.5 Å². The Morgan fingerprint density at radius 3 is 2.58 bits per heavy atom. The number of non-ortho nitro benzene ring substituents is 1. The number of halogens is 2. The number of nitrogens with one attached hydrogen (secondary N) is 2. The van der Waals surface area contributed by atoms with Gasteiger partial charge in [-0.3, -0.25) is 10.1 Å². The molecule has 2 N–H and O–H groups in total. The Balaban J connectivity index is 1.35. The van der Waals surface area contributed by atoms with E-state index in [1.54, 1.807) is 24.3 Å². The third-order valence-corrected chi connectivity index (χ3v) is 5.76. The van der Waals surface area contributed by atoms with Gasteiger partial charge in [0.1, 0.15) is 17.3 Å². The van der Waals surface area contributed by atoms with E-state index in [2.05, 4.69) is 30.8 Å². The number of morpholine rings is 1. The van der Waals surface area contributed by atoms with Crippen LogP contribution in [-0.2, 0) is 4.74 Å². The first-order valence-corrected chi connectivity index (χ1v) is 11.8. The molecule has 14 heteroatoms. The van der Waals surface area contributed by atoms with Crippen molar-refractivity contribution in [3.63, 3.8) is 0 Å². The SMILES string of the molecule is O=[N+]([O-])c1ccc(Cl)c(-c2ccc(/C=N\Nc3nc(Nc4ccc(F)cc4)nc(N4CCOCC4)n3)o2)c1. The predicted octanol–water partition coefficient (Wildman–Crippen LogP) is 4.86. The summed E-state index contributed by atoms with van der Waals surface area (Å²) < 4.78 is 24.4. The van der Waals surface area contributed by atoms with Crippen molar-refractivity contribution in [1.29, 1.82) is 0 Å². The lowest BCUT2D eigenvalue weighted by Gasteiger charge is -2.27. The predicted molar refractivity (Wildman–Crippen MR) is 140 cm³/mol. The fraction of sp³-hybridized carbons (Fsp3) is 0.167. The van der Waals surface area contributed by atoms with Crippen LogP contribution in [0.25, 0.3) is 11.3 Å². The molecule has 2 aromatic heterocycles. The second kappa shape index (κ2) is 11.2. The highest BCUT2D eigenvalue weighted by Crippen LogP contribution is 2.32.